The van der Waals surface area contributed by atoms with E-state index in [1.807, 2.05) is 0 Å². The maximum absolute atomic E-state index is 12.2. The number of aliphatic carboxylic acids is 1. The molecule has 8 nitrogen and oxygen atoms in total. The van der Waals surface area contributed by atoms with Crippen LogP contribution in [-0.2, 0) is 23.8 Å². The van der Waals surface area contributed by atoms with Crippen LogP contribution in [-0.4, -0.2) is 66.0 Å². The summed E-state index contributed by atoms with van der Waals surface area (Å²) in [4.78, 5) is 35.7. The molecule has 1 atom stereocenters. The molecule has 0 aromatic carbocycles. The molecule has 0 saturated heterocycles. The quantitative estimate of drug-likeness (QED) is 0.505. The van der Waals surface area contributed by atoms with Crippen molar-refractivity contribution in [3.63, 3.8) is 0 Å². The second-order valence-corrected chi connectivity index (χ2v) is 5.79. The Balaban J connectivity index is 4.70. The Labute approximate surface area is 136 Å². The smallest absolute Gasteiger partial charge is 0.411 e. The summed E-state index contributed by atoms with van der Waals surface area (Å²) in [6.45, 7) is 8.44. The first-order valence-electron chi connectivity index (χ1n) is 7.58. The highest BCUT2D eigenvalue weighted by atomic mass is 16.6. The molecule has 23 heavy (non-hydrogen) atoms. The first-order valence-corrected chi connectivity index (χ1v) is 7.58. The summed E-state index contributed by atoms with van der Waals surface area (Å²) in [5.74, 6) is -1.63. The maximum atomic E-state index is 12.2. The van der Waals surface area contributed by atoms with Gasteiger partial charge in [0.15, 0.2) is 0 Å². The minimum Gasteiger partial charge on any atom is -0.480 e. The number of carboxylic acids is 1. The largest absolute Gasteiger partial charge is 0.480 e. The summed E-state index contributed by atoms with van der Waals surface area (Å²) in [7, 11) is 0. The van der Waals surface area contributed by atoms with Gasteiger partial charge in [-0.05, 0) is 34.1 Å². The van der Waals surface area contributed by atoms with Crippen LogP contribution in [0, 0.1) is 0 Å². The van der Waals surface area contributed by atoms with Gasteiger partial charge in [0.2, 0.25) is 0 Å². The van der Waals surface area contributed by atoms with Gasteiger partial charge in [-0.1, -0.05) is 6.92 Å². The Morgan fingerprint density at radius 3 is 2.22 bits per heavy atom. The molecule has 1 N–H and O–H groups in total. The first-order chi connectivity index (χ1) is 10.6. The van der Waals surface area contributed by atoms with Crippen molar-refractivity contribution in [1.29, 1.82) is 0 Å². The highest BCUT2D eigenvalue weighted by Gasteiger charge is 2.31. The van der Waals surface area contributed by atoms with E-state index in [1.165, 1.54) is 0 Å². The minimum atomic E-state index is -1.12. The lowest BCUT2D eigenvalue weighted by atomic mass is 10.2. The number of amides is 1. The second-order valence-electron chi connectivity index (χ2n) is 5.79. The van der Waals surface area contributed by atoms with Crippen LogP contribution >= 0.6 is 0 Å². The van der Waals surface area contributed by atoms with E-state index >= 15 is 0 Å². The molecule has 1 amide bonds. The summed E-state index contributed by atoms with van der Waals surface area (Å²) in [5, 5.41) is 9.24. The van der Waals surface area contributed by atoms with Gasteiger partial charge in [-0.2, -0.15) is 0 Å². The number of hydrogen-bond donors (Lipinski definition) is 1. The molecule has 0 radical (unpaired) electrons. The first kappa shape index (κ1) is 21.2. The van der Waals surface area contributed by atoms with Crippen LogP contribution in [0.5, 0.6) is 0 Å². The van der Waals surface area contributed by atoms with Crippen LogP contribution in [0.25, 0.3) is 0 Å². The van der Waals surface area contributed by atoms with Crippen LogP contribution in [0.2, 0.25) is 0 Å². The van der Waals surface area contributed by atoms with Gasteiger partial charge in [0.25, 0.3) is 0 Å². The van der Waals surface area contributed by atoms with E-state index in [4.69, 9.17) is 14.2 Å². The minimum absolute atomic E-state index is 0.000868. The van der Waals surface area contributed by atoms with Crippen LogP contribution in [0.1, 0.15) is 41.0 Å². The van der Waals surface area contributed by atoms with E-state index < -0.39 is 29.7 Å². The van der Waals surface area contributed by atoms with Gasteiger partial charge in [-0.3, -0.25) is 4.90 Å². The molecule has 0 saturated carbocycles. The average Bonchev–Trinajstić information content (AvgIpc) is 2.40. The molecule has 0 aliphatic rings. The summed E-state index contributed by atoms with van der Waals surface area (Å²) in [6, 6.07) is -1.02. The SMILES string of the molecule is CCOC(=O)COCCN(C(=O)OC(C)(C)C)C(CC)C(=O)O. The number of rotatable bonds is 9. The number of esters is 1. The Kier molecular flexibility index (Phi) is 9.24. The lowest BCUT2D eigenvalue weighted by molar-refractivity contribution is -0.149. The third-order valence-corrected chi connectivity index (χ3v) is 2.68. The lowest BCUT2D eigenvalue weighted by Gasteiger charge is -2.30. The fraction of sp³-hybridized carbons (Fsp3) is 0.800. The molecule has 0 bridgehead atoms. The molecule has 0 aliphatic heterocycles. The Morgan fingerprint density at radius 2 is 1.78 bits per heavy atom. The third-order valence-electron chi connectivity index (χ3n) is 2.68. The monoisotopic (exact) mass is 333 g/mol. The molecule has 0 fully saturated rings. The van der Waals surface area contributed by atoms with Gasteiger partial charge in [-0.25, -0.2) is 14.4 Å². The average molecular weight is 333 g/mol. The van der Waals surface area contributed by atoms with Crippen LogP contribution < -0.4 is 0 Å². The number of carboxylic acid groups (broad SMARTS) is 1. The predicted octanol–water partition coefficient (Wildman–Crippen LogP) is 1.67. The number of nitrogens with zero attached hydrogens (tertiary/aromatic N) is 1. The molecule has 0 heterocycles. The zero-order chi connectivity index (χ0) is 18.0. The Hall–Kier alpha value is -1.83. The van der Waals surface area contributed by atoms with Gasteiger partial charge >= 0.3 is 18.0 Å². The highest BCUT2D eigenvalue weighted by Crippen LogP contribution is 2.13. The van der Waals surface area contributed by atoms with Crippen molar-refractivity contribution in [2.75, 3.05) is 26.4 Å². The van der Waals surface area contributed by atoms with Gasteiger partial charge in [0, 0.05) is 6.54 Å². The highest BCUT2D eigenvalue weighted by molar-refractivity contribution is 5.80. The molecule has 1 unspecified atom stereocenters. The van der Waals surface area contributed by atoms with E-state index in [2.05, 4.69) is 0 Å². The van der Waals surface area contributed by atoms with Crippen LogP contribution in [0.3, 0.4) is 0 Å². The van der Waals surface area contributed by atoms with Crippen LogP contribution in [0.4, 0.5) is 4.79 Å². The molecule has 134 valence electrons. The summed E-state index contributed by atoms with van der Waals surface area (Å²) in [5.41, 5.74) is -0.738. The summed E-state index contributed by atoms with van der Waals surface area (Å²) in [6.07, 6.45) is -0.501. The van der Waals surface area contributed by atoms with Crippen molar-refractivity contribution in [3.05, 3.63) is 0 Å². The molecule has 0 rings (SSSR count). The fourth-order valence-corrected chi connectivity index (χ4v) is 1.74. The molecule has 0 aliphatic carbocycles. The van der Waals surface area contributed by atoms with Gasteiger partial charge in [0.1, 0.15) is 18.2 Å². The van der Waals surface area contributed by atoms with Crippen molar-refractivity contribution < 1.29 is 33.7 Å². The number of carbonyl (C=O) groups is 3. The van der Waals surface area contributed by atoms with Crippen molar-refractivity contribution in [1.82, 2.24) is 4.90 Å². The van der Waals surface area contributed by atoms with E-state index in [1.54, 1.807) is 34.6 Å². The van der Waals surface area contributed by atoms with Crippen molar-refractivity contribution in [2.24, 2.45) is 0 Å². The molecule has 8 heteroatoms. The Bertz CT molecular complexity index is 403. The number of ether oxygens (including phenoxy) is 3. The standard InChI is InChI=1S/C15H27NO7/c1-6-11(13(18)19)16(14(20)23-15(3,4)5)8-9-21-10-12(17)22-7-2/h11H,6-10H2,1-5H3,(H,18,19). The van der Waals surface area contributed by atoms with E-state index in [9.17, 15) is 19.5 Å². The topological polar surface area (TPSA) is 102 Å². The second kappa shape index (κ2) is 10.0. The predicted molar refractivity (Wildman–Crippen MR) is 82.1 cm³/mol. The van der Waals surface area contributed by atoms with Crippen LogP contribution in [0.15, 0.2) is 0 Å². The summed E-state index contributed by atoms with van der Waals surface area (Å²) >= 11 is 0. The Morgan fingerprint density at radius 1 is 1.17 bits per heavy atom. The zero-order valence-electron chi connectivity index (χ0n) is 14.5. The molecular formula is C15H27NO7. The van der Waals surface area contributed by atoms with E-state index in [-0.39, 0.29) is 32.8 Å². The normalized spacial score (nSPS) is 12.4. The summed E-state index contributed by atoms with van der Waals surface area (Å²) < 4.78 is 15.0. The molecule has 0 spiro atoms. The van der Waals surface area contributed by atoms with Crippen molar-refractivity contribution in [3.8, 4) is 0 Å². The van der Waals surface area contributed by atoms with Gasteiger partial charge in [0.05, 0.1) is 13.2 Å². The molecular weight excluding hydrogens is 306 g/mol. The van der Waals surface area contributed by atoms with Gasteiger partial charge in [-0.15, -0.1) is 0 Å². The fourth-order valence-electron chi connectivity index (χ4n) is 1.74. The molecule has 0 aromatic rings. The van der Waals surface area contributed by atoms with Gasteiger partial charge < -0.3 is 19.3 Å². The maximum Gasteiger partial charge on any atom is 0.411 e. The van der Waals surface area contributed by atoms with Crippen molar-refractivity contribution >= 4 is 18.0 Å². The zero-order valence-corrected chi connectivity index (χ0v) is 14.5. The van der Waals surface area contributed by atoms with E-state index in [0.29, 0.717) is 0 Å². The van der Waals surface area contributed by atoms with Crippen molar-refractivity contribution in [2.45, 2.75) is 52.7 Å². The van der Waals surface area contributed by atoms with E-state index in [0.717, 1.165) is 4.90 Å². The lowest BCUT2D eigenvalue weighted by Crippen LogP contribution is -2.48. The number of hydrogen-bond acceptors (Lipinski definition) is 6. The number of carbonyl (C=O) groups excluding carboxylic acids is 2. The molecule has 0 aromatic heterocycles. The third kappa shape index (κ3) is 9.02.